The van der Waals surface area contributed by atoms with Gasteiger partial charge in [-0.15, -0.1) is 0 Å². The highest BCUT2D eigenvalue weighted by Crippen LogP contribution is 2.25. The van der Waals surface area contributed by atoms with Crippen molar-refractivity contribution in [2.75, 3.05) is 11.9 Å². The van der Waals surface area contributed by atoms with Crippen molar-refractivity contribution in [3.8, 4) is 0 Å². The zero-order chi connectivity index (χ0) is 18.0. The predicted molar refractivity (Wildman–Crippen MR) is 98.8 cm³/mol. The number of hydrogen-bond acceptors (Lipinski definition) is 3. The Bertz CT molecular complexity index is 846. The van der Waals surface area contributed by atoms with Crippen molar-refractivity contribution in [2.24, 2.45) is 0 Å². The first-order chi connectivity index (χ1) is 12.0. The molecule has 2 aromatic rings. The number of anilines is 1. The van der Waals surface area contributed by atoms with Crippen LogP contribution in [-0.4, -0.2) is 29.2 Å². The quantitative estimate of drug-likeness (QED) is 0.768. The van der Waals surface area contributed by atoms with E-state index in [1.807, 2.05) is 19.1 Å². The average molecular weight is 401 g/mol. The monoisotopic (exact) mass is 400 g/mol. The Hall–Kier alpha value is -2.47. The highest BCUT2D eigenvalue weighted by Gasteiger charge is 2.35. The van der Waals surface area contributed by atoms with E-state index >= 15 is 0 Å². The van der Waals surface area contributed by atoms with Crippen molar-refractivity contribution in [2.45, 2.75) is 19.8 Å². The Labute approximate surface area is 154 Å². The zero-order valence-corrected chi connectivity index (χ0v) is 15.3. The lowest BCUT2D eigenvalue weighted by Crippen LogP contribution is -2.30. The lowest BCUT2D eigenvalue weighted by atomic mass is 10.1. The van der Waals surface area contributed by atoms with Gasteiger partial charge >= 0.3 is 0 Å². The van der Waals surface area contributed by atoms with E-state index in [1.165, 1.54) is 11.0 Å². The van der Waals surface area contributed by atoms with Crippen LogP contribution in [0, 0.1) is 0 Å². The van der Waals surface area contributed by atoms with Crippen LogP contribution in [0.3, 0.4) is 0 Å². The van der Waals surface area contributed by atoms with Crippen molar-refractivity contribution in [3.05, 3.63) is 63.6 Å². The van der Waals surface area contributed by atoms with E-state index in [2.05, 4.69) is 21.2 Å². The molecule has 1 heterocycles. The fraction of sp³-hybridized carbons (Fsp3) is 0.211. The number of unbranched alkanes of at least 4 members (excludes halogenated alkanes) is 1. The highest BCUT2D eigenvalue weighted by atomic mass is 79.9. The summed E-state index contributed by atoms with van der Waals surface area (Å²) in [5, 5.41) is 2.78. The number of benzene rings is 2. The van der Waals surface area contributed by atoms with Crippen LogP contribution in [0.25, 0.3) is 0 Å². The van der Waals surface area contributed by atoms with Crippen molar-refractivity contribution < 1.29 is 14.4 Å². The normalized spacial score (nSPS) is 13.1. The molecule has 1 aliphatic heterocycles. The van der Waals surface area contributed by atoms with Gasteiger partial charge in [0, 0.05) is 22.3 Å². The van der Waals surface area contributed by atoms with Gasteiger partial charge in [0.15, 0.2) is 0 Å². The van der Waals surface area contributed by atoms with E-state index in [4.69, 9.17) is 0 Å². The van der Waals surface area contributed by atoms with Gasteiger partial charge < -0.3 is 5.32 Å². The van der Waals surface area contributed by atoms with E-state index < -0.39 is 0 Å². The fourth-order valence-electron chi connectivity index (χ4n) is 2.69. The molecule has 3 rings (SSSR count). The van der Waals surface area contributed by atoms with Crippen LogP contribution >= 0.6 is 15.9 Å². The van der Waals surface area contributed by atoms with Crippen LogP contribution in [0.15, 0.2) is 46.9 Å². The SMILES string of the molecule is CCCCN1C(=O)c2ccc(C(=O)Nc3ccc(Br)cc3)cc2C1=O. The summed E-state index contributed by atoms with van der Waals surface area (Å²) in [6.45, 7) is 2.41. The molecule has 2 aromatic carbocycles. The van der Waals surface area contributed by atoms with E-state index in [0.717, 1.165) is 17.3 Å². The lowest BCUT2D eigenvalue weighted by Gasteiger charge is -2.12. The second kappa shape index (κ2) is 7.19. The van der Waals surface area contributed by atoms with Crippen molar-refractivity contribution >= 4 is 39.3 Å². The maximum absolute atomic E-state index is 12.5. The molecule has 0 saturated carbocycles. The minimum absolute atomic E-state index is 0.284. The van der Waals surface area contributed by atoms with Gasteiger partial charge in [-0.2, -0.15) is 0 Å². The van der Waals surface area contributed by atoms with Crippen molar-refractivity contribution in [1.29, 1.82) is 0 Å². The largest absolute Gasteiger partial charge is 0.322 e. The molecule has 0 aliphatic carbocycles. The van der Waals surface area contributed by atoms with Gasteiger partial charge in [0.2, 0.25) is 0 Å². The molecule has 1 N–H and O–H groups in total. The van der Waals surface area contributed by atoms with E-state index in [-0.39, 0.29) is 17.7 Å². The highest BCUT2D eigenvalue weighted by molar-refractivity contribution is 9.10. The summed E-state index contributed by atoms with van der Waals surface area (Å²) < 4.78 is 0.916. The second-order valence-electron chi connectivity index (χ2n) is 5.84. The first kappa shape index (κ1) is 17.4. The van der Waals surface area contributed by atoms with Crippen molar-refractivity contribution in [3.63, 3.8) is 0 Å². The molecule has 0 fully saturated rings. The van der Waals surface area contributed by atoms with Crippen LogP contribution in [-0.2, 0) is 0 Å². The molecule has 128 valence electrons. The Morgan fingerprint density at radius 2 is 1.72 bits per heavy atom. The third-order valence-corrected chi connectivity index (χ3v) is 4.60. The maximum atomic E-state index is 12.5. The lowest BCUT2D eigenvalue weighted by molar-refractivity contribution is 0.0652. The molecule has 0 saturated heterocycles. The standard InChI is InChI=1S/C19H17BrN2O3/c1-2-3-10-22-18(24)15-9-4-12(11-16(15)19(22)25)17(23)21-14-7-5-13(20)6-8-14/h4-9,11H,2-3,10H2,1H3,(H,21,23). The van der Waals surface area contributed by atoms with Crippen LogP contribution < -0.4 is 5.32 Å². The first-order valence-electron chi connectivity index (χ1n) is 8.08. The molecule has 6 heteroatoms. The summed E-state index contributed by atoms with van der Waals surface area (Å²) >= 11 is 3.34. The molecule has 0 radical (unpaired) electrons. The Morgan fingerprint density at radius 1 is 1.04 bits per heavy atom. The molecule has 3 amide bonds. The number of nitrogens with zero attached hydrogens (tertiary/aromatic N) is 1. The van der Waals surface area contributed by atoms with Crippen LogP contribution in [0.1, 0.15) is 50.8 Å². The summed E-state index contributed by atoms with van der Waals surface area (Å²) in [6, 6.07) is 11.8. The predicted octanol–water partition coefficient (Wildman–Crippen LogP) is 4.10. The molecule has 0 atom stereocenters. The summed E-state index contributed by atoms with van der Waals surface area (Å²) in [5.41, 5.74) is 1.66. The summed E-state index contributed by atoms with van der Waals surface area (Å²) in [5.74, 6) is -0.933. The number of carbonyl (C=O) groups excluding carboxylic acids is 3. The molecule has 0 spiro atoms. The number of rotatable bonds is 5. The number of amides is 3. The molecule has 1 aliphatic rings. The van der Waals surface area contributed by atoms with Gasteiger partial charge in [0.25, 0.3) is 17.7 Å². The number of carbonyl (C=O) groups is 3. The third-order valence-electron chi connectivity index (χ3n) is 4.07. The topological polar surface area (TPSA) is 66.5 Å². The maximum Gasteiger partial charge on any atom is 0.261 e. The molecule has 0 aromatic heterocycles. The van der Waals surface area contributed by atoms with Crippen LogP contribution in [0.5, 0.6) is 0 Å². The van der Waals surface area contributed by atoms with Crippen LogP contribution in [0.4, 0.5) is 5.69 Å². The number of imide groups is 1. The molecule has 25 heavy (non-hydrogen) atoms. The van der Waals surface area contributed by atoms with Crippen LogP contribution in [0.2, 0.25) is 0 Å². The van der Waals surface area contributed by atoms with Gasteiger partial charge in [-0.3, -0.25) is 19.3 Å². The fourth-order valence-corrected chi connectivity index (χ4v) is 2.95. The van der Waals surface area contributed by atoms with Gasteiger partial charge in [-0.1, -0.05) is 29.3 Å². The summed E-state index contributed by atoms with van der Waals surface area (Å²) in [4.78, 5) is 38.4. The number of halogens is 1. The zero-order valence-electron chi connectivity index (χ0n) is 13.7. The van der Waals surface area contributed by atoms with Gasteiger partial charge in [0.1, 0.15) is 0 Å². The van der Waals surface area contributed by atoms with E-state index in [9.17, 15) is 14.4 Å². The number of hydrogen-bond donors (Lipinski definition) is 1. The molecule has 0 bridgehead atoms. The van der Waals surface area contributed by atoms with E-state index in [0.29, 0.717) is 28.9 Å². The molecule has 0 unspecified atom stereocenters. The average Bonchev–Trinajstić information content (AvgIpc) is 2.85. The third kappa shape index (κ3) is 3.49. The Balaban J connectivity index is 1.81. The van der Waals surface area contributed by atoms with Crippen molar-refractivity contribution in [1.82, 2.24) is 4.90 Å². The van der Waals surface area contributed by atoms with E-state index in [1.54, 1.807) is 24.3 Å². The first-order valence-corrected chi connectivity index (χ1v) is 8.87. The smallest absolute Gasteiger partial charge is 0.261 e. The summed E-state index contributed by atoms with van der Waals surface area (Å²) in [6.07, 6.45) is 1.66. The second-order valence-corrected chi connectivity index (χ2v) is 6.75. The molecular formula is C19H17BrN2O3. The molecule has 5 nitrogen and oxygen atoms in total. The number of fused-ring (bicyclic) bond motifs is 1. The Morgan fingerprint density at radius 3 is 2.40 bits per heavy atom. The van der Waals surface area contributed by atoms with Gasteiger partial charge in [-0.25, -0.2) is 0 Å². The van der Waals surface area contributed by atoms with Gasteiger partial charge in [-0.05, 0) is 48.9 Å². The minimum atomic E-state index is -0.327. The van der Waals surface area contributed by atoms with Gasteiger partial charge in [0.05, 0.1) is 11.1 Å². The number of nitrogens with one attached hydrogen (secondary N) is 1. The summed E-state index contributed by atoms with van der Waals surface area (Å²) in [7, 11) is 0. The molecular weight excluding hydrogens is 384 g/mol. The minimum Gasteiger partial charge on any atom is -0.322 e. The Kier molecular flexibility index (Phi) is 4.99.